The van der Waals surface area contributed by atoms with Crippen molar-refractivity contribution >= 4 is 38.9 Å². The molecule has 30 heavy (non-hydrogen) atoms. The van der Waals surface area contributed by atoms with Crippen LogP contribution in [0.4, 0.5) is 15.8 Å². The lowest BCUT2D eigenvalue weighted by Gasteiger charge is -2.15. The zero-order chi connectivity index (χ0) is 21.7. The Morgan fingerprint density at radius 3 is 2.27 bits per heavy atom. The maximum Gasteiger partial charge on any atom is 0.265 e. The lowest BCUT2D eigenvalue weighted by Crippen LogP contribution is -2.30. The number of amides is 1. The Morgan fingerprint density at radius 1 is 1.00 bits per heavy atom. The fourth-order valence-corrected chi connectivity index (χ4v) is 3.67. The highest BCUT2D eigenvalue weighted by molar-refractivity contribution is 7.92. The van der Waals surface area contributed by atoms with E-state index >= 15 is 0 Å². The van der Waals surface area contributed by atoms with Gasteiger partial charge in [-0.1, -0.05) is 23.7 Å². The van der Waals surface area contributed by atoms with Gasteiger partial charge in [0.25, 0.3) is 15.9 Å². The van der Waals surface area contributed by atoms with Crippen LogP contribution in [0.2, 0.25) is 5.02 Å². The molecule has 0 fully saturated rings. The Balaban J connectivity index is 1.64. The Kier molecular flexibility index (Phi) is 6.59. The van der Waals surface area contributed by atoms with Crippen molar-refractivity contribution in [1.82, 2.24) is 0 Å². The van der Waals surface area contributed by atoms with Gasteiger partial charge in [-0.3, -0.25) is 9.52 Å². The largest absolute Gasteiger partial charge is 0.481 e. The minimum absolute atomic E-state index is 0.0748. The topological polar surface area (TPSA) is 84.5 Å². The maximum absolute atomic E-state index is 13.7. The van der Waals surface area contributed by atoms with Gasteiger partial charge in [0.15, 0.2) is 6.10 Å². The molecule has 1 amide bonds. The van der Waals surface area contributed by atoms with Crippen LogP contribution < -0.4 is 14.8 Å². The van der Waals surface area contributed by atoms with Crippen molar-refractivity contribution in [3.63, 3.8) is 0 Å². The standard InChI is InChI=1S/C21H18ClFN2O4S/c1-14(29-17-10-6-15(22)7-11-17)21(26)24-16-8-12-18(13-9-16)30(27,28)25-20-5-3-2-4-19(20)23/h2-14,25H,1H3,(H,24,26). The second-order valence-electron chi connectivity index (χ2n) is 6.31. The van der Waals surface area contributed by atoms with Crippen molar-refractivity contribution in [2.45, 2.75) is 17.9 Å². The van der Waals surface area contributed by atoms with E-state index in [1.54, 1.807) is 31.2 Å². The number of para-hydroxylation sites is 1. The van der Waals surface area contributed by atoms with Crippen molar-refractivity contribution in [1.29, 1.82) is 0 Å². The number of hydrogen-bond donors (Lipinski definition) is 2. The third kappa shape index (κ3) is 5.49. The molecule has 6 nitrogen and oxygen atoms in total. The van der Waals surface area contributed by atoms with E-state index in [4.69, 9.17) is 16.3 Å². The van der Waals surface area contributed by atoms with E-state index in [2.05, 4.69) is 10.0 Å². The summed E-state index contributed by atoms with van der Waals surface area (Å²) in [7, 11) is -3.98. The smallest absolute Gasteiger partial charge is 0.265 e. The number of benzene rings is 3. The highest BCUT2D eigenvalue weighted by atomic mass is 35.5. The van der Waals surface area contributed by atoms with Crippen LogP contribution >= 0.6 is 11.6 Å². The summed E-state index contributed by atoms with van der Waals surface area (Å²) < 4.78 is 46.3. The second-order valence-corrected chi connectivity index (χ2v) is 8.43. The van der Waals surface area contributed by atoms with E-state index in [1.807, 2.05) is 0 Å². The first-order valence-corrected chi connectivity index (χ1v) is 10.7. The zero-order valence-corrected chi connectivity index (χ0v) is 17.4. The molecule has 0 spiro atoms. The van der Waals surface area contributed by atoms with Gasteiger partial charge in [-0.2, -0.15) is 0 Å². The number of ether oxygens (including phenoxy) is 1. The quantitative estimate of drug-likeness (QED) is 0.549. The van der Waals surface area contributed by atoms with Crippen LogP contribution in [-0.2, 0) is 14.8 Å². The molecule has 0 heterocycles. The van der Waals surface area contributed by atoms with Gasteiger partial charge in [0.2, 0.25) is 0 Å². The van der Waals surface area contributed by atoms with Crippen molar-refractivity contribution in [2.24, 2.45) is 0 Å². The van der Waals surface area contributed by atoms with Gasteiger partial charge in [-0.15, -0.1) is 0 Å². The van der Waals surface area contributed by atoms with Crippen LogP contribution in [0, 0.1) is 5.82 Å². The molecular formula is C21H18ClFN2O4S. The summed E-state index contributed by atoms with van der Waals surface area (Å²) >= 11 is 5.82. The van der Waals surface area contributed by atoms with Crippen LogP contribution in [0.1, 0.15) is 6.92 Å². The van der Waals surface area contributed by atoms with Gasteiger partial charge in [-0.25, -0.2) is 12.8 Å². The number of carbonyl (C=O) groups excluding carboxylic acids is 1. The van der Waals surface area contributed by atoms with E-state index in [1.165, 1.54) is 42.5 Å². The molecule has 3 rings (SSSR count). The molecule has 156 valence electrons. The molecule has 0 bridgehead atoms. The summed E-state index contributed by atoms with van der Waals surface area (Å²) in [6, 6.07) is 17.5. The first-order valence-electron chi connectivity index (χ1n) is 8.85. The van der Waals surface area contributed by atoms with Crippen LogP contribution in [0.5, 0.6) is 5.75 Å². The Bertz CT molecular complexity index is 1140. The van der Waals surface area contributed by atoms with Gasteiger partial charge in [-0.05, 0) is 67.6 Å². The van der Waals surface area contributed by atoms with Crippen LogP contribution in [0.15, 0.2) is 77.7 Å². The average molecular weight is 449 g/mol. The van der Waals surface area contributed by atoms with Crippen molar-refractivity contribution in [3.8, 4) is 5.75 Å². The molecule has 0 saturated heterocycles. The molecule has 0 aliphatic rings. The second kappa shape index (κ2) is 9.15. The van der Waals surface area contributed by atoms with Crippen molar-refractivity contribution in [3.05, 3.63) is 83.6 Å². The number of rotatable bonds is 7. The molecule has 1 unspecified atom stereocenters. The number of carbonyl (C=O) groups is 1. The number of sulfonamides is 1. The third-order valence-corrected chi connectivity index (χ3v) is 5.68. The van der Waals surface area contributed by atoms with Crippen molar-refractivity contribution in [2.75, 3.05) is 10.0 Å². The summed E-state index contributed by atoms with van der Waals surface area (Å²) in [6.45, 7) is 1.58. The first kappa shape index (κ1) is 21.6. The summed E-state index contributed by atoms with van der Waals surface area (Å²) in [5.41, 5.74) is 0.236. The van der Waals surface area contributed by atoms with Gasteiger partial charge in [0.1, 0.15) is 11.6 Å². The van der Waals surface area contributed by atoms with E-state index in [9.17, 15) is 17.6 Å². The third-order valence-electron chi connectivity index (χ3n) is 4.05. The normalized spacial score (nSPS) is 12.1. The van der Waals surface area contributed by atoms with E-state index in [-0.39, 0.29) is 10.6 Å². The fraction of sp³-hybridized carbons (Fsp3) is 0.0952. The zero-order valence-electron chi connectivity index (χ0n) is 15.8. The van der Waals surface area contributed by atoms with Gasteiger partial charge in [0, 0.05) is 10.7 Å². The van der Waals surface area contributed by atoms with Crippen LogP contribution in [-0.4, -0.2) is 20.4 Å². The van der Waals surface area contributed by atoms with Crippen LogP contribution in [0.25, 0.3) is 0 Å². The minimum atomic E-state index is -3.98. The van der Waals surface area contributed by atoms with Gasteiger partial charge < -0.3 is 10.1 Å². The monoisotopic (exact) mass is 448 g/mol. The number of nitrogens with one attached hydrogen (secondary N) is 2. The Hall–Kier alpha value is -3.10. The molecule has 2 N–H and O–H groups in total. The number of halogens is 2. The molecule has 1 atom stereocenters. The molecule has 0 aliphatic carbocycles. The highest BCUT2D eigenvalue weighted by Gasteiger charge is 2.18. The molecule has 0 aromatic heterocycles. The van der Waals surface area contributed by atoms with Crippen LogP contribution in [0.3, 0.4) is 0 Å². The molecule has 3 aromatic rings. The predicted molar refractivity (Wildman–Crippen MR) is 114 cm³/mol. The summed E-state index contributed by atoms with van der Waals surface area (Å²) in [5.74, 6) is -0.604. The molecule has 9 heteroatoms. The first-order chi connectivity index (χ1) is 14.2. The SMILES string of the molecule is CC(Oc1ccc(Cl)cc1)C(=O)Nc1ccc(S(=O)(=O)Nc2ccccc2F)cc1. The van der Waals surface area contributed by atoms with E-state index < -0.39 is 27.9 Å². The van der Waals surface area contributed by atoms with E-state index in [0.717, 1.165) is 6.07 Å². The lowest BCUT2D eigenvalue weighted by atomic mass is 10.3. The minimum Gasteiger partial charge on any atom is -0.481 e. The Labute approximate surface area is 178 Å². The summed E-state index contributed by atoms with van der Waals surface area (Å²) in [4.78, 5) is 12.2. The van der Waals surface area contributed by atoms with E-state index in [0.29, 0.717) is 16.5 Å². The van der Waals surface area contributed by atoms with Gasteiger partial charge >= 0.3 is 0 Å². The molecule has 0 saturated carbocycles. The fourth-order valence-electron chi connectivity index (χ4n) is 2.48. The Morgan fingerprint density at radius 2 is 1.63 bits per heavy atom. The van der Waals surface area contributed by atoms with Gasteiger partial charge in [0.05, 0.1) is 10.6 Å². The highest BCUT2D eigenvalue weighted by Crippen LogP contribution is 2.21. The molecular weight excluding hydrogens is 431 g/mol. The predicted octanol–water partition coefficient (Wildman–Crippen LogP) is 4.69. The average Bonchev–Trinajstić information content (AvgIpc) is 2.71. The number of anilines is 2. The molecule has 3 aromatic carbocycles. The lowest BCUT2D eigenvalue weighted by molar-refractivity contribution is -0.122. The molecule has 0 aliphatic heterocycles. The van der Waals surface area contributed by atoms with Crippen molar-refractivity contribution < 1.29 is 22.3 Å². The summed E-state index contributed by atoms with van der Waals surface area (Å²) in [5, 5.41) is 3.20. The molecule has 0 radical (unpaired) electrons. The number of hydrogen-bond acceptors (Lipinski definition) is 4. The maximum atomic E-state index is 13.7. The summed E-state index contributed by atoms with van der Waals surface area (Å²) in [6.07, 6.45) is -0.794.